The predicted molar refractivity (Wildman–Crippen MR) is 89.4 cm³/mol. The maximum absolute atomic E-state index is 13.2. The number of rotatable bonds is 5. The van der Waals surface area contributed by atoms with Gasteiger partial charge >= 0.3 is 0 Å². The van der Waals surface area contributed by atoms with Crippen molar-refractivity contribution in [2.24, 2.45) is 0 Å². The highest BCUT2D eigenvalue weighted by atomic mass is 79.9. The summed E-state index contributed by atoms with van der Waals surface area (Å²) in [5.41, 5.74) is 2.70. The lowest BCUT2D eigenvalue weighted by molar-refractivity contribution is -0.885. The summed E-state index contributed by atoms with van der Waals surface area (Å²) in [6.07, 6.45) is 0. The second-order valence-corrected chi connectivity index (χ2v) is 6.36. The molecule has 0 saturated carbocycles. The number of nitrogens with one attached hydrogen (secondary N) is 2. The van der Waals surface area contributed by atoms with E-state index in [2.05, 4.69) is 21.2 Å². The van der Waals surface area contributed by atoms with E-state index in [1.807, 2.05) is 38.2 Å². The van der Waals surface area contributed by atoms with Crippen LogP contribution in [0.5, 0.6) is 0 Å². The van der Waals surface area contributed by atoms with Crippen molar-refractivity contribution >= 4 is 27.5 Å². The third-order valence-corrected chi connectivity index (χ3v) is 3.81. The molecule has 0 spiro atoms. The molecule has 0 fully saturated rings. The first-order valence-corrected chi connectivity index (χ1v) is 7.85. The summed E-state index contributed by atoms with van der Waals surface area (Å²) in [6.45, 7) is 2.88. The van der Waals surface area contributed by atoms with Gasteiger partial charge in [0.05, 0.1) is 7.05 Å². The van der Waals surface area contributed by atoms with E-state index in [0.29, 0.717) is 13.1 Å². The van der Waals surface area contributed by atoms with E-state index in [1.165, 1.54) is 12.1 Å². The molecule has 3 nitrogen and oxygen atoms in total. The van der Waals surface area contributed by atoms with Crippen molar-refractivity contribution in [1.82, 2.24) is 0 Å². The molecule has 116 valence electrons. The van der Waals surface area contributed by atoms with Crippen LogP contribution in [0.4, 0.5) is 10.1 Å². The van der Waals surface area contributed by atoms with Crippen LogP contribution in [0.1, 0.15) is 11.1 Å². The van der Waals surface area contributed by atoms with Crippen molar-refractivity contribution in [2.75, 3.05) is 18.9 Å². The number of carbonyl (C=O) groups is 1. The Hall–Kier alpha value is -1.72. The molecule has 1 unspecified atom stereocenters. The number of amides is 1. The highest BCUT2D eigenvalue weighted by molar-refractivity contribution is 9.10. The molecule has 0 aliphatic rings. The Bertz CT molecular complexity index is 675. The maximum atomic E-state index is 13.2. The molecule has 2 N–H and O–H groups in total. The zero-order chi connectivity index (χ0) is 16.1. The number of anilines is 1. The van der Waals surface area contributed by atoms with Crippen LogP contribution in [0, 0.1) is 12.7 Å². The van der Waals surface area contributed by atoms with Gasteiger partial charge in [0, 0.05) is 15.7 Å². The molecule has 0 bridgehead atoms. The van der Waals surface area contributed by atoms with Gasteiger partial charge in [-0.3, -0.25) is 4.79 Å². The number of quaternary nitrogens is 1. The molecule has 0 saturated heterocycles. The topological polar surface area (TPSA) is 33.5 Å². The highest BCUT2D eigenvalue weighted by Gasteiger charge is 2.12. The Balaban J connectivity index is 1.91. The summed E-state index contributed by atoms with van der Waals surface area (Å²) in [7, 11) is 1.92. The average Bonchev–Trinajstić information content (AvgIpc) is 2.41. The van der Waals surface area contributed by atoms with E-state index in [1.54, 1.807) is 6.07 Å². The van der Waals surface area contributed by atoms with Crippen LogP contribution in [0.2, 0.25) is 0 Å². The molecule has 0 radical (unpaired) electrons. The van der Waals surface area contributed by atoms with Crippen molar-refractivity contribution in [3.8, 4) is 0 Å². The monoisotopic (exact) mass is 365 g/mol. The van der Waals surface area contributed by atoms with Gasteiger partial charge in [-0.2, -0.15) is 0 Å². The van der Waals surface area contributed by atoms with Crippen LogP contribution in [0.25, 0.3) is 0 Å². The molecule has 2 rings (SSSR count). The summed E-state index contributed by atoms with van der Waals surface area (Å²) in [5, 5.41) is 2.91. The van der Waals surface area contributed by atoms with Crippen molar-refractivity contribution in [3.63, 3.8) is 0 Å². The minimum absolute atomic E-state index is 0.0562. The molecule has 0 aliphatic heterocycles. The fourth-order valence-electron chi connectivity index (χ4n) is 2.29. The van der Waals surface area contributed by atoms with Gasteiger partial charge in [0.25, 0.3) is 5.91 Å². The SMILES string of the molecule is Cc1cc(Br)ccc1NC(=O)C[NH+](C)Cc1cccc(F)c1. The van der Waals surface area contributed by atoms with Crippen LogP contribution in [0.3, 0.4) is 0 Å². The molecular weight excluding hydrogens is 347 g/mol. The van der Waals surface area contributed by atoms with Gasteiger partial charge < -0.3 is 10.2 Å². The van der Waals surface area contributed by atoms with Crippen molar-refractivity contribution in [3.05, 3.63) is 63.9 Å². The number of hydrogen-bond acceptors (Lipinski definition) is 1. The Morgan fingerprint density at radius 3 is 2.73 bits per heavy atom. The normalized spacial score (nSPS) is 12.0. The standard InChI is InChI=1S/C17H18BrFN2O/c1-12-8-14(18)6-7-16(12)20-17(22)11-21(2)10-13-4-3-5-15(19)9-13/h3-9H,10-11H2,1-2H3,(H,20,22)/p+1. The van der Waals surface area contributed by atoms with Crippen molar-refractivity contribution < 1.29 is 14.1 Å². The quantitative estimate of drug-likeness (QED) is 0.838. The first kappa shape index (κ1) is 16.6. The molecule has 1 atom stereocenters. The van der Waals surface area contributed by atoms with Crippen LogP contribution >= 0.6 is 15.9 Å². The number of likely N-dealkylation sites (N-methyl/N-ethyl adjacent to an activating group) is 1. The molecule has 5 heteroatoms. The van der Waals surface area contributed by atoms with E-state index in [0.717, 1.165) is 26.2 Å². The third-order valence-electron chi connectivity index (χ3n) is 3.32. The van der Waals surface area contributed by atoms with Crippen molar-refractivity contribution in [2.45, 2.75) is 13.5 Å². The van der Waals surface area contributed by atoms with Gasteiger partial charge in [0.2, 0.25) is 0 Å². The Morgan fingerprint density at radius 2 is 2.05 bits per heavy atom. The second kappa shape index (κ2) is 7.51. The van der Waals surface area contributed by atoms with Crippen LogP contribution in [-0.4, -0.2) is 19.5 Å². The molecule has 0 aliphatic carbocycles. The summed E-state index contributed by atoms with van der Waals surface area (Å²) < 4.78 is 14.1. The smallest absolute Gasteiger partial charge is 0.279 e. The molecule has 22 heavy (non-hydrogen) atoms. The number of carbonyl (C=O) groups excluding carboxylic acids is 1. The molecule has 0 heterocycles. The Labute approximate surface area is 138 Å². The van der Waals surface area contributed by atoms with Gasteiger partial charge in [-0.25, -0.2) is 4.39 Å². The summed E-state index contributed by atoms with van der Waals surface area (Å²) in [6, 6.07) is 12.2. The fourth-order valence-corrected chi connectivity index (χ4v) is 2.77. The third kappa shape index (κ3) is 4.93. The molecule has 2 aromatic rings. The van der Waals surface area contributed by atoms with E-state index < -0.39 is 0 Å². The number of benzene rings is 2. The first-order valence-electron chi connectivity index (χ1n) is 7.06. The predicted octanol–water partition coefficient (Wildman–Crippen LogP) is 2.55. The molecular formula is C17H19BrFN2O+. The minimum atomic E-state index is -0.250. The minimum Gasteiger partial charge on any atom is -0.326 e. The zero-order valence-electron chi connectivity index (χ0n) is 12.6. The van der Waals surface area contributed by atoms with E-state index in [-0.39, 0.29) is 11.7 Å². The maximum Gasteiger partial charge on any atom is 0.279 e. The van der Waals surface area contributed by atoms with E-state index >= 15 is 0 Å². The average molecular weight is 366 g/mol. The lowest BCUT2D eigenvalue weighted by Crippen LogP contribution is -3.08. The van der Waals surface area contributed by atoms with Crippen LogP contribution < -0.4 is 10.2 Å². The van der Waals surface area contributed by atoms with Gasteiger partial charge in [0.1, 0.15) is 12.4 Å². The van der Waals surface area contributed by atoms with E-state index in [4.69, 9.17) is 0 Å². The largest absolute Gasteiger partial charge is 0.326 e. The summed E-state index contributed by atoms with van der Waals surface area (Å²) >= 11 is 3.40. The van der Waals surface area contributed by atoms with Crippen LogP contribution in [-0.2, 0) is 11.3 Å². The fraction of sp³-hybridized carbons (Fsp3) is 0.235. The zero-order valence-corrected chi connectivity index (χ0v) is 14.2. The molecule has 1 amide bonds. The van der Waals surface area contributed by atoms with Gasteiger partial charge in [-0.1, -0.05) is 28.1 Å². The summed E-state index contributed by atoms with van der Waals surface area (Å²) in [5.74, 6) is -0.306. The van der Waals surface area contributed by atoms with Crippen LogP contribution in [0.15, 0.2) is 46.9 Å². The number of halogens is 2. The van der Waals surface area contributed by atoms with Crippen molar-refractivity contribution in [1.29, 1.82) is 0 Å². The van der Waals surface area contributed by atoms with Gasteiger partial charge in [-0.15, -0.1) is 0 Å². The lowest BCUT2D eigenvalue weighted by atomic mass is 10.2. The Kier molecular flexibility index (Phi) is 5.69. The summed E-state index contributed by atoms with van der Waals surface area (Å²) in [4.78, 5) is 13.1. The number of aryl methyl sites for hydroxylation is 1. The van der Waals surface area contributed by atoms with E-state index in [9.17, 15) is 9.18 Å². The highest BCUT2D eigenvalue weighted by Crippen LogP contribution is 2.19. The Morgan fingerprint density at radius 1 is 1.27 bits per heavy atom. The second-order valence-electron chi connectivity index (χ2n) is 5.45. The first-order chi connectivity index (χ1) is 10.4. The number of hydrogen-bond donors (Lipinski definition) is 2. The van der Waals surface area contributed by atoms with Gasteiger partial charge in [-0.05, 0) is 42.8 Å². The molecule has 0 aromatic heterocycles. The van der Waals surface area contributed by atoms with Gasteiger partial charge in [0.15, 0.2) is 6.54 Å². The molecule has 2 aromatic carbocycles. The lowest BCUT2D eigenvalue weighted by Gasteiger charge is -2.15.